The van der Waals surface area contributed by atoms with Crippen LogP contribution in [0.1, 0.15) is 27.0 Å². The summed E-state index contributed by atoms with van der Waals surface area (Å²) >= 11 is 0. The van der Waals surface area contributed by atoms with Gasteiger partial charge in [-0.1, -0.05) is 72.8 Å². The Hall–Kier alpha value is -2.92. The van der Waals surface area contributed by atoms with Gasteiger partial charge in [0.05, 0.1) is 5.75 Å². The molecule has 0 aliphatic heterocycles. The molecule has 0 atom stereocenters. The molecule has 0 heterocycles. The summed E-state index contributed by atoms with van der Waals surface area (Å²) in [7, 11) is -3.16. The van der Waals surface area contributed by atoms with Crippen LogP contribution in [0.15, 0.2) is 84.9 Å². The van der Waals surface area contributed by atoms with Gasteiger partial charge in [-0.05, 0) is 41.7 Å². The zero-order chi connectivity index (χ0) is 21.4. The van der Waals surface area contributed by atoms with Gasteiger partial charge in [0.15, 0.2) is 9.84 Å². The number of hydrogen-bond acceptors (Lipinski definition) is 3. The predicted molar refractivity (Wildman–Crippen MR) is 121 cm³/mol. The Morgan fingerprint density at radius 1 is 0.733 bits per heavy atom. The quantitative estimate of drug-likeness (QED) is 0.521. The summed E-state index contributed by atoms with van der Waals surface area (Å²) in [5, 5.41) is 0. The van der Waals surface area contributed by atoms with Crippen molar-refractivity contribution < 1.29 is 13.2 Å². The van der Waals surface area contributed by atoms with Gasteiger partial charge >= 0.3 is 0 Å². The summed E-state index contributed by atoms with van der Waals surface area (Å²) in [6.07, 6.45) is 2.74. The van der Waals surface area contributed by atoms with E-state index >= 15 is 0 Å². The summed E-state index contributed by atoms with van der Waals surface area (Å²) in [4.78, 5) is 15.1. The smallest absolute Gasteiger partial charge is 0.253 e. The lowest BCUT2D eigenvalue weighted by atomic mass is 10.1. The third kappa shape index (κ3) is 6.85. The zero-order valence-corrected chi connectivity index (χ0v) is 18.0. The van der Waals surface area contributed by atoms with Crippen LogP contribution < -0.4 is 0 Å². The molecule has 0 aliphatic carbocycles. The predicted octanol–water partition coefficient (Wildman–Crippen LogP) is 4.16. The number of carbonyl (C=O) groups is 1. The molecule has 0 saturated heterocycles. The molecule has 0 radical (unpaired) electrons. The van der Waals surface area contributed by atoms with Crippen molar-refractivity contribution >= 4 is 15.7 Å². The van der Waals surface area contributed by atoms with Gasteiger partial charge in [0.25, 0.3) is 5.91 Å². The number of nitrogens with zero attached hydrogens (tertiary/aromatic N) is 1. The first-order valence-corrected chi connectivity index (χ1v) is 12.1. The van der Waals surface area contributed by atoms with E-state index in [0.717, 1.165) is 12.8 Å². The van der Waals surface area contributed by atoms with E-state index in [1.165, 1.54) is 17.4 Å². The van der Waals surface area contributed by atoms with Crippen LogP contribution >= 0.6 is 0 Å². The van der Waals surface area contributed by atoms with Crippen molar-refractivity contribution in [3.8, 4) is 0 Å². The first kappa shape index (κ1) is 21.8. The van der Waals surface area contributed by atoms with Gasteiger partial charge < -0.3 is 4.90 Å². The molecule has 5 heteroatoms. The van der Waals surface area contributed by atoms with Gasteiger partial charge in [-0.2, -0.15) is 0 Å². The van der Waals surface area contributed by atoms with Crippen LogP contribution in [0.4, 0.5) is 0 Å². The molecule has 0 aromatic heterocycles. The van der Waals surface area contributed by atoms with Crippen LogP contribution in [0.2, 0.25) is 0 Å². The average Bonchev–Trinajstić information content (AvgIpc) is 2.74. The Bertz CT molecular complexity index is 1020. The molecular formula is C25H27NO3S. The molecule has 0 fully saturated rings. The van der Waals surface area contributed by atoms with Gasteiger partial charge in [-0.3, -0.25) is 4.79 Å². The zero-order valence-electron chi connectivity index (χ0n) is 17.2. The lowest BCUT2D eigenvalue weighted by Crippen LogP contribution is -2.34. The number of benzene rings is 3. The van der Waals surface area contributed by atoms with Crippen molar-refractivity contribution in [3.05, 3.63) is 107 Å². The van der Waals surface area contributed by atoms with Gasteiger partial charge in [0, 0.05) is 24.9 Å². The maximum Gasteiger partial charge on any atom is 0.253 e. The van der Waals surface area contributed by atoms with Crippen molar-refractivity contribution in [3.63, 3.8) is 0 Å². The molecule has 0 unspecified atom stereocenters. The lowest BCUT2D eigenvalue weighted by Gasteiger charge is -2.23. The van der Waals surface area contributed by atoms with Crippen molar-refractivity contribution in [2.75, 3.05) is 19.3 Å². The molecule has 156 valence electrons. The fraction of sp³-hybridized carbons (Fsp3) is 0.240. The molecule has 3 rings (SSSR count). The van der Waals surface area contributed by atoms with E-state index in [4.69, 9.17) is 0 Å². The normalized spacial score (nSPS) is 11.2. The first-order chi connectivity index (χ1) is 14.4. The van der Waals surface area contributed by atoms with Gasteiger partial charge in [0.1, 0.15) is 0 Å². The molecule has 30 heavy (non-hydrogen) atoms. The Labute approximate surface area is 179 Å². The largest absolute Gasteiger partial charge is 0.338 e. The van der Waals surface area contributed by atoms with Crippen molar-refractivity contribution in [2.24, 2.45) is 0 Å². The van der Waals surface area contributed by atoms with Crippen LogP contribution in [-0.4, -0.2) is 38.6 Å². The van der Waals surface area contributed by atoms with Gasteiger partial charge in [0.2, 0.25) is 0 Å². The Balaban J connectivity index is 1.77. The SMILES string of the molecule is CS(=O)(=O)Cc1cccc(C(=O)N(CCc2ccccc2)CCc2ccccc2)c1. The van der Waals surface area contributed by atoms with Crippen molar-refractivity contribution in [1.82, 2.24) is 4.90 Å². The molecule has 0 spiro atoms. The molecule has 0 N–H and O–H groups in total. The van der Waals surface area contributed by atoms with Crippen molar-refractivity contribution in [1.29, 1.82) is 0 Å². The molecule has 3 aromatic rings. The van der Waals surface area contributed by atoms with Crippen LogP contribution in [-0.2, 0) is 28.4 Å². The van der Waals surface area contributed by atoms with Crippen LogP contribution in [0.3, 0.4) is 0 Å². The second-order valence-electron chi connectivity index (χ2n) is 7.53. The van der Waals surface area contributed by atoms with Crippen LogP contribution in [0.25, 0.3) is 0 Å². The van der Waals surface area contributed by atoms with E-state index in [1.54, 1.807) is 24.3 Å². The highest BCUT2D eigenvalue weighted by molar-refractivity contribution is 7.89. The molecule has 1 amide bonds. The minimum Gasteiger partial charge on any atom is -0.338 e. The average molecular weight is 422 g/mol. The number of carbonyl (C=O) groups excluding carboxylic acids is 1. The van der Waals surface area contributed by atoms with Gasteiger partial charge in [-0.15, -0.1) is 0 Å². The number of sulfone groups is 1. The number of rotatable bonds is 9. The summed E-state index contributed by atoms with van der Waals surface area (Å²) in [6, 6.07) is 27.2. The van der Waals surface area contributed by atoms with Crippen molar-refractivity contribution in [2.45, 2.75) is 18.6 Å². The minimum atomic E-state index is -3.16. The minimum absolute atomic E-state index is 0.0673. The maximum atomic E-state index is 13.3. The highest BCUT2D eigenvalue weighted by Gasteiger charge is 2.17. The van der Waals surface area contributed by atoms with Crippen LogP contribution in [0.5, 0.6) is 0 Å². The monoisotopic (exact) mass is 421 g/mol. The summed E-state index contributed by atoms with van der Waals surface area (Å²) in [5.41, 5.74) is 3.52. The molecule has 4 nitrogen and oxygen atoms in total. The van der Waals surface area contributed by atoms with E-state index in [0.29, 0.717) is 24.2 Å². The molecule has 0 saturated carbocycles. The second kappa shape index (κ2) is 10.2. The van der Waals surface area contributed by atoms with E-state index < -0.39 is 9.84 Å². The Morgan fingerprint density at radius 2 is 1.23 bits per heavy atom. The lowest BCUT2D eigenvalue weighted by molar-refractivity contribution is 0.0759. The first-order valence-electron chi connectivity index (χ1n) is 10.0. The maximum absolute atomic E-state index is 13.3. The Kier molecular flexibility index (Phi) is 7.41. The Morgan fingerprint density at radius 3 is 1.73 bits per heavy atom. The molecule has 0 aliphatic rings. The molecular weight excluding hydrogens is 394 g/mol. The summed E-state index contributed by atoms with van der Waals surface area (Å²) in [6.45, 7) is 1.21. The van der Waals surface area contributed by atoms with E-state index in [2.05, 4.69) is 24.3 Å². The standard InChI is InChI=1S/C25H27NO3S/c1-30(28,29)20-23-13-8-14-24(19-23)25(27)26(17-15-21-9-4-2-5-10-21)18-16-22-11-6-3-7-12-22/h2-14,19H,15-18,20H2,1H3. The van der Waals surface area contributed by atoms with Crippen LogP contribution in [0, 0.1) is 0 Å². The van der Waals surface area contributed by atoms with E-state index in [9.17, 15) is 13.2 Å². The highest BCUT2D eigenvalue weighted by atomic mass is 32.2. The second-order valence-corrected chi connectivity index (χ2v) is 9.67. The topological polar surface area (TPSA) is 54.5 Å². The third-order valence-corrected chi connectivity index (χ3v) is 5.77. The fourth-order valence-electron chi connectivity index (χ4n) is 3.41. The third-order valence-electron chi connectivity index (χ3n) is 4.92. The summed E-state index contributed by atoms with van der Waals surface area (Å²) in [5.74, 6) is -0.139. The highest BCUT2D eigenvalue weighted by Crippen LogP contribution is 2.13. The molecule has 3 aromatic carbocycles. The number of hydrogen-bond donors (Lipinski definition) is 0. The van der Waals surface area contributed by atoms with E-state index in [1.807, 2.05) is 41.3 Å². The van der Waals surface area contributed by atoms with E-state index in [-0.39, 0.29) is 11.7 Å². The molecule has 0 bridgehead atoms. The number of amides is 1. The van der Waals surface area contributed by atoms with Gasteiger partial charge in [-0.25, -0.2) is 8.42 Å². The fourth-order valence-corrected chi connectivity index (χ4v) is 4.20. The summed E-state index contributed by atoms with van der Waals surface area (Å²) < 4.78 is 23.3.